The van der Waals surface area contributed by atoms with E-state index in [1.807, 2.05) is 42.3 Å². The van der Waals surface area contributed by atoms with E-state index in [0.717, 1.165) is 5.69 Å². The van der Waals surface area contributed by atoms with Crippen molar-refractivity contribution in [3.8, 4) is 0 Å². The lowest BCUT2D eigenvalue weighted by molar-refractivity contribution is 0.590. The fourth-order valence-electron chi connectivity index (χ4n) is 2.29. The van der Waals surface area contributed by atoms with E-state index in [2.05, 4.69) is 15.3 Å². The van der Waals surface area contributed by atoms with Crippen molar-refractivity contribution in [1.29, 1.82) is 0 Å². The Kier molecular flexibility index (Phi) is 4.37. The minimum Gasteiger partial charge on any atom is -0.329 e. The number of nitrogens with one attached hydrogen (secondary N) is 1. The van der Waals surface area contributed by atoms with Crippen molar-refractivity contribution in [3.05, 3.63) is 71.9 Å². The van der Waals surface area contributed by atoms with E-state index in [0.29, 0.717) is 11.5 Å². The monoisotopic (exact) mass is 326 g/mol. The molecule has 0 saturated heterocycles. The van der Waals surface area contributed by atoms with Gasteiger partial charge in [0, 0.05) is 24.5 Å². The molecule has 6 heteroatoms. The molecule has 0 aliphatic heterocycles. The summed E-state index contributed by atoms with van der Waals surface area (Å²) >= 11 is 0. The number of hydrogen-bond acceptors (Lipinski definition) is 4. The lowest BCUT2D eigenvalue weighted by Gasteiger charge is -2.19. The molecule has 1 N–H and O–H groups in total. The zero-order chi connectivity index (χ0) is 17.1. The van der Waals surface area contributed by atoms with Crippen LogP contribution in [0.4, 0.5) is 31.9 Å². The predicted octanol–water partition coefficient (Wildman–Crippen LogP) is 4.57. The quantitative estimate of drug-likeness (QED) is 0.762. The normalized spacial score (nSPS) is 10.5. The fraction of sp³-hybridized carbons (Fsp3) is 0.111. The van der Waals surface area contributed by atoms with Crippen molar-refractivity contribution in [1.82, 2.24) is 9.97 Å². The van der Waals surface area contributed by atoms with Gasteiger partial charge in [-0.05, 0) is 31.2 Å². The van der Waals surface area contributed by atoms with Crippen LogP contribution in [0.1, 0.15) is 5.69 Å². The zero-order valence-electron chi connectivity index (χ0n) is 13.3. The van der Waals surface area contributed by atoms with Gasteiger partial charge in [-0.25, -0.2) is 13.8 Å². The maximum atomic E-state index is 13.8. The van der Waals surface area contributed by atoms with Gasteiger partial charge < -0.3 is 10.2 Å². The second-order valence-corrected chi connectivity index (χ2v) is 5.31. The molecule has 122 valence electrons. The number of aryl methyl sites for hydroxylation is 1. The Labute approximate surface area is 138 Å². The van der Waals surface area contributed by atoms with E-state index in [-0.39, 0.29) is 11.6 Å². The summed E-state index contributed by atoms with van der Waals surface area (Å²) in [6.07, 6.45) is 0. The molecule has 0 radical (unpaired) electrons. The Morgan fingerprint density at radius 2 is 1.58 bits per heavy atom. The fourth-order valence-corrected chi connectivity index (χ4v) is 2.29. The summed E-state index contributed by atoms with van der Waals surface area (Å²) in [5.41, 5.74) is 1.36. The third kappa shape index (κ3) is 3.32. The molecule has 3 aromatic rings. The van der Waals surface area contributed by atoms with Gasteiger partial charge in [-0.15, -0.1) is 0 Å². The van der Waals surface area contributed by atoms with Gasteiger partial charge in [0.25, 0.3) is 0 Å². The summed E-state index contributed by atoms with van der Waals surface area (Å²) in [5, 5.41) is 2.63. The third-order valence-electron chi connectivity index (χ3n) is 3.53. The summed E-state index contributed by atoms with van der Waals surface area (Å²) in [7, 11) is 1.87. The van der Waals surface area contributed by atoms with Gasteiger partial charge in [0.15, 0.2) is 0 Å². The summed E-state index contributed by atoms with van der Waals surface area (Å²) in [6, 6.07) is 15.1. The van der Waals surface area contributed by atoms with Crippen molar-refractivity contribution in [2.75, 3.05) is 17.3 Å². The van der Waals surface area contributed by atoms with Crippen molar-refractivity contribution < 1.29 is 8.78 Å². The van der Waals surface area contributed by atoms with E-state index in [9.17, 15) is 8.78 Å². The van der Waals surface area contributed by atoms with E-state index in [1.165, 1.54) is 18.2 Å². The molecule has 4 nitrogen and oxygen atoms in total. The van der Waals surface area contributed by atoms with E-state index in [4.69, 9.17) is 0 Å². The van der Waals surface area contributed by atoms with Crippen LogP contribution < -0.4 is 10.2 Å². The van der Waals surface area contributed by atoms with Gasteiger partial charge in [0.1, 0.15) is 23.1 Å². The summed E-state index contributed by atoms with van der Waals surface area (Å²) in [5.74, 6) is -0.638. The Bertz CT molecular complexity index is 833. The first-order chi connectivity index (χ1) is 11.5. The number of hydrogen-bond donors (Lipinski definition) is 1. The molecule has 1 aromatic heterocycles. The van der Waals surface area contributed by atoms with E-state index >= 15 is 0 Å². The first-order valence-electron chi connectivity index (χ1n) is 7.40. The minimum atomic E-state index is -0.696. The van der Waals surface area contributed by atoms with Crippen LogP contribution in [-0.2, 0) is 0 Å². The summed E-state index contributed by atoms with van der Waals surface area (Å²) in [4.78, 5) is 10.4. The smallest absolute Gasteiger partial charge is 0.229 e. The van der Waals surface area contributed by atoms with Gasteiger partial charge in [-0.2, -0.15) is 4.98 Å². The molecular formula is C18H16F2N4. The molecule has 0 saturated carbocycles. The Morgan fingerprint density at radius 1 is 0.917 bits per heavy atom. The average Bonchev–Trinajstić information content (AvgIpc) is 2.58. The number of halogens is 2. The molecule has 1 heterocycles. The van der Waals surface area contributed by atoms with Crippen molar-refractivity contribution in [3.63, 3.8) is 0 Å². The Balaban J connectivity index is 1.95. The van der Waals surface area contributed by atoms with Gasteiger partial charge >= 0.3 is 0 Å². The van der Waals surface area contributed by atoms with Crippen LogP contribution in [0.25, 0.3) is 0 Å². The lowest BCUT2D eigenvalue weighted by Crippen LogP contribution is -2.13. The van der Waals surface area contributed by atoms with Crippen LogP contribution in [-0.4, -0.2) is 17.0 Å². The van der Waals surface area contributed by atoms with E-state index < -0.39 is 11.6 Å². The average molecular weight is 326 g/mol. The van der Waals surface area contributed by atoms with Crippen LogP contribution in [0.5, 0.6) is 0 Å². The highest BCUT2D eigenvalue weighted by molar-refractivity contribution is 5.62. The van der Waals surface area contributed by atoms with Crippen LogP contribution >= 0.6 is 0 Å². The van der Waals surface area contributed by atoms with Crippen molar-refractivity contribution >= 4 is 23.1 Å². The molecule has 0 unspecified atom stereocenters. The Hall–Kier alpha value is -3.02. The van der Waals surface area contributed by atoms with Crippen LogP contribution in [0.2, 0.25) is 0 Å². The molecular weight excluding hydrogens is 310 g/mol. The second kappa shape index (κ2) is 6.62. The molecule has 0 aliphatic rings. The summed E-state index contributed by atoms with van der Waals surface area (Å²) < 4.78 is 27.6. The zero-order valence-corrected chi connectivity index (χ0v) is 13.3. The number of aromatic nitrogens is 2. The van der Waals surface area contributed by atoms with Crippen LogP contribution in [0.3, 0.4) is 0 Å². The SMILES string of the molecule is Cc1cc(N(C)c2ccccc2)nc(Nc2c(F)cccc2F)n1. The molecule has 0 spiro atoms. The molecule has 0 aliphatic carbocycles. The highest BCUT2D eigenvalue weighted by Crippen LogP contribution is 2.25. The second-order valence-electron chi connectivity index (χ2n) is 5.31. The third-order valence-corrected chi connectivity index (χ3v) is 3.53. The maximum Gasteiger partial charge on any atom is 0.229 e. The molecule has 0 fully saturated rings. The maximum absolute atomic E-state index is 13.8. The minimum absolute atomic E-state index is 0.136. The standard InChI is InChI=1S/C18H16F2N4/c1-12-11-16(24(2)13-7-4-3-5-8-13)22-18(21-12)23-17-14(19)9-6-10-15(17)20/h3-11H,1-2H3,(H,21,22,23). The molecule has 0 bridgehead atoms. The summed E-state index contributed by atoms with van der Waals surface area (Å²) in [6.45, 7) is 1.80. The molecule has 0 atom stereocenters. The number of para-hydroxylation sites is 2. The molecule has 0 amide bonds. The van der Waals surface area contributed by atoms with E-state index in [1.54, 1.807) is 13.0 Å². The molecule has 2 aromatic carbocycles. The molecule has 24 heavy (non-hydrogen) atoms. The van der Waals surface area contributed by atoms with Crippen molar-refractivity contribution in [2.24, 2.45) is 0 Å². The number of anilines is 4. The van der Waals surface area contributed by atoms with Gasteiger partial charge in [-0.3, -0.25) is 0 Å². The molecule has 3 rings (SSSR count). The number of benzene rings is 2. The van der Waals surface area contributed by atoms with Gasteiger partial charge in [-0.1, -0.05) is 24.3 Å². The van der Waals surface area contributed by atoms with Crippen LogP contribution in [0.15, 0.2) is 54.6 Å². The van der Waals surface area contributed by atoms with Gasteiger partial charge in [0.2, 0.25) is 5.95 Å². The van der Waals surface area contributed by atoms with Gasteiger partial charge in [0.05, 0.1) is 0 Å². The first-order valence-corrected chi connectivity index (χ1v) is 7.40. The highest BCUT2D eigenvalue weighted by Gasteiger charge is 2.13. The lowest BCUT2D eigenvalue weighted by atomic mass is 10.3. The highest BCUT2D eigenvalue weighted by atomic mass is 19.1. The largest absolute Gasteiger partial charge is 0.329 e. The van der Waals surface area contributed by atoms with Crippen LogP contribution in [0, 0.1) is 18.6 Å². The topological polar surface area (TPSA) is 41.1 Å². The Morgan fingerprint density at radius 3 is 2.25 bits per heavy atom. The predicted molar refractivity (Wildman–Crippen MR) is 90.9 cm³/mol. The van der Waals surface area contributed by atoms with Crippen molar-refractivity contribution in [2.45, 2.75) is 6.92 Å². The first kappa shape index (κ1) is 15.9. The number of rotatable bonds is 4. The number of nitrogens with zero attached hydrogens (tertiary/aromatic N) is 3.